The molecule has 1 amide bonds. The lowest BCUT2D eigenvalue weighted by Crippen LogP contribution is -2.44. The van der Waals surface area contributed by atoms with Gasteiger partial charge in [-0.15, -0.1) is 0 Å². The Morgan fingerprint density at radius 1 is 1.10 bits per heavy atom. The lowest BCUT2D eigenvalue weighted by Gasteiger charge is -2.35. The smallest absolute Gasteiger partial charge is 0.265 e. The summed E-state index contributed by atoms with van der Waals surface area (Å²) < 4.78 is 1.63. The van der Waals surface area contributed by atoms with Crippen LogP contribution in [0.15, 0.2) is 53.5 Å². The molecule has 2 atom stereocenters. The van der Waals surface area contributed by atoms with Gasteiger partial charge in [0.2, 0.25) is 0 Å². The Balaban J connectivity index is 1.79. The molecule has 0 N–H and O–H groups in total. The SMILES string of the molecule is Cc1ccc(Cn2c(=O)c(C(=O)N3C[C@H](C)C[C@@H](C)C3)cc3cccnc32)cc1. The fourth-order valence-corrected chi connectivity index (χ4v) is 4.38. The average Bonchev–Trinajstić information content (AvgIpc) is 2.70. The third-order valence-electron chi connectivity index (χ3n) is 5.70. The molecule has 1 aliphatic rings. The van der Waals surface area contributed by atoms with Crippen LogP contribution in [0.3, 0.4) is 0 Å². The Kier molecular flexibility index (Phi) is 5.22. The highest BCUT2D eigenvalue weighted by Gasteiger charge is 2.28. The standard InChI is InChI=1S/C24H27N3O2/c1-16-6-8-19(9-7-16)15-27-22-20(5-4-10-25-22)12-21(24(27)29)23(28)26-13-17(2)11-18(3)14-26/h4-10,12,17-18H,11,13-15H2,1-3H3/t17-,18-/m1/s1. The molecule has 0 radical (unpaired) electrons. The van der Waals surface area contributed by atoms with E-state index in [0.29, 0.717) is 37.1 Å². The number of likely N-dealkylation sites (tertiary alicyclic amines) is 1. The van der Waals surface area contributed by atoms with Crippen LogP contribution in [-0.2, 0) is 6.54 Å². The van der Waals surface area contributed by atoms with Crippen molar-refractivity contribution >= 4 is 16.9 Å². The molecule has 5 nitrogen and oxygen atoms in total. The Bertz CT molecular complexity index is 1090. The van der Waals surface area contributed by atoms with E-state index in [1.807, 2.05) is 48.2 Å². The van der Waals surface area contributed by atoms with Crippen LogP contribution in [-0.4, -0.2) is 33.4 Å². The lowest BCUT2D eigenvalue weighted by molar-refractivity contribution is 0.0621. The maximum absolute atomic E-state index is 13.4. The average molecular weight is 389 g/mol. The van der Waals surface area contributed by atoms with Gasteiger partial charge in [0.05, 0.1) is 6.54 Å². The third kappa shape index (κ3) is 3.95. The largest absolute Gasteiger partial charge is 0.338 e. The van der Waals surface area contributed by atoms with Gasteiger partial charge in [-0.05, 0) is 48.9 Å². The molecular formula is C24H27N3O2. The second-order valence-corrected chi connectivity index (χ2v) is 8.51. The molecule has 1 aliphatic heterocycles. The Morgan fingerprint density at radius 3 is 2.48 bits per heavy atom. The van der Waals surface area contributed by atoms with Crippen molar-refractivity contribution in [3.05, 3.63) is 75.7 Å². The summed E-state index contributed by atoms with van der Waals surface area (Å²) in [4.78, 5) is 32.9. The van der Waals surface area contributed by atoms with E-state index in [1.54, 1.807) is 16.8 Å². The Hall–Kier alpha value is -2.95. The molecule has 5 heteroatoms. The van der Waals surface area contributed by atoms with Crippen LogP contribution in [0, 0.1) is 18.8 Å². The fraction of sp³-hybridized carbons (Fsp3) is 0.375. The minimum Gasteiger partial charge on any atom is -0.338 e. The fourth-order valence-electron chi connectivity index (χ4n) is 4.38. The van der Waals surface area contributed by atoms with Gasteiger partial charge in [-0.1, -0.05) is 43.7 Å². The number of fused-ring (bicyclic) bond motifs is 1. The zero-order valence-corrected chi connectivity index (χ0v) is 17.3. The summed E-state index contributed by atoms with van der Waals surface area (Å²) in [5.74, 6) is 0.719. The number of hydrogen-bond acceptors (Lipinski definition) is 3. The van der Waals surface area contributed by atoms with Gasteiger partial charge in [-0.25, -0.2) is 4.98 Å². The van der Waals surface area contributed by atoms with Gasteiger partial charge >= 0.3 is 0 Å². The molecule has 1 fully saturated rings. The summed E-state index contributed by atoms with van der Waals surface area (Å²) >= 11 is 0. The van der Waals surface area contributed by atoms with E-state index >= 15 is 0 Å². The molecule has 1 saturated heterocycles. The first-order chi connectivity index (χ1) is 13.9. The third-order valence-corrected chi connectivity index (χ3v) is 5.70. The van der Waals surface area contributed by atoms with Crippen LogP contribution < -0.4 is 5.56 Å². The second-order valence-electron chi connectivity index (χ2n) is 8.51. The molecule has 1 aromatic carbocycles. The maximum atomic E-state index is 13.4. The normalized spacial score (nSPS) is 19.5. The van der Waals surface area contributed by atoms with Crippen LogP contribution in [0.25, 0.3) is 11.0 Å². The van der Waals surface area contributed by atoms with E-state index in [0.717, 1.165) is 17.4 Å². The molecule has 4 rings (SSSR count). The first-order valence-electron chi connectivity index (χ1n) is 10.3. The summed E-state index contributed by atoms with van der Waals surface area (Å²) in [5.41, 5.74) is 2.75. The zero-order valence-electron chi connectivity index (χ0n) is 17.3. The summed E-state index contributed by atoms with van der Waals surface area (Å²) in [6, 6.07) is 13.5. The quantitative estimate of drug-likeness (QED) is 0.683. The number of rotatable bonds is 3. The highest BCUT2D eigenvalue weighted by Crippen LogP contribution is 2.23. The van der Waals surface area contributed by atoms with Crippen molar-refractivity contribution in [2.75, 3.05) is 13.1 Å². The number of pyridine rings is 2. The molecule has 0 saturated carbocycles. The number of carbonyl (C=O) groups excluding carboxylic acids is 1. The predicted molar refractivity (Wildman–Crippen MR) is 115 cm³/mol. The molecule has 0 unspecified atom stereocenters. The van der Waals surface area contributed by atoms with Crippen LogP contribution in [0.1, 0.15) is 41.8 Å². The van der Waals surface area contributed by atoms with Crippen LogP contribution in [0.4, 0.5) is 0 Å². The van der Waals surface area contributed by atoms with Gasteiger partial charge in [0.25, 0.3) is 11.5 Å². The van der Waals surface area contributed by atoms with E-state index in [-0.39, 0.29) is 17.0 Å². The predicted octanol–water partition coefficient (Wildman–Crippen LogP) is 3.87. The topological polar surface area (TPSA) is 55.2 Å². The molecule has 2 aromatic heterocycles. The van der Waals surface area contributed by atoms with Crippen molar-refractivity contribution in [1.82, 2.24) is 14.5 Å². The molecule has 0 aliphatic carbocycles. The molecule has 150 valence electrons. The summed E-state index contributed by atoms with van der Waals surface area (Å²) in [6.45, 7) is 8.15. The molecule has 0 spiro atoms. The van der Waals surface area contributed by atoms with Gasteiger partial charge in [-0.3, -0.25) is 14.2 Å². The first kappa shape index (κ1) is 19.4. The minimum absolute atomic E-state index is 0.170. The van der Waals surface area contributed by atoms with Crippen LogP contribution in [0.5, 0.6) is 0 Å². The lowest BCUT2D eigenvalue weighted by atomic mass is 9.91. The monoisotopic (exact) mass is 389 g/mol. The van der Waals surface area contributed by atoms with Gasteiger partial charge in [0.1, 0.15) is 11.2 Å². The summed E-state index contributed by atoms with van der Waals surface area (Å²) in [5, 5.41) is 0.806. The number of aromatic nitrogens is 2. The number of nitrogens with zero attached hydrogens (tertiary/aromatic N) is 3. The van der Waals surface area contributed by atoms with Gasteiger partial charge in [0.15, 0.2) is 0 Å². The number of aryl methyl sites for hydroxylation is 1. The van der Waals surface area contributed by atoms with Crippen molar-refractivity contribution in [1.29, 1.82) is 0 Å². The van der Waals surface area contributed by atoms with Gasteiger partial charge in [0, 0.05) is 24.7 Å². The van der Waals surface area contributed by atoms with E-state index < -0.39 is 0 Å². The van der Waals surface area contributed by atoms with Gasteiger partial charge in [-0.2, -0.15) is 0 Å². The van der Waals surface area contributed by atoms with E-state index in [9.17, 15) is 9.59 Å². The van der Waals surface area contributed by atoms with E-state index in [1.165, 1.54) is 5.56 Å². The maximum Gasteiger partial charge on any atom is 0.265 e. The van der Waals surface area contributed by atoms with Crippen LogP contribution >= 0.6 is 0 Å². The zero-order chi connectivity index (χ0) is 20.5. The number of hydrogen-bond donors (Lipinski definition) is 0. The minimum atomic E-state index is -0.271. The van der Waals surface area contributed by atoms with Crippen molar-refractivity contribution in [2.45, 2.75) is 33.7 Å². The summed E-state index contributed by atoms with van der Waals surface area (Å²) in [6.07, 6.45) is 2.80. The Labute approximate surface area is 171 Å². The molecular weight excluding hydrogens is 362 g/mol. The van der Waals surface area contributed by atoms with Crippen molar-refractivity contribution in [2.24, 2.45) is 11.8 Å². The van der Waals surface area contributed by atoms with Crippen molar-refractivity contribution < 1.29 is 4.79 Å². The molecule has 0 bridgehead atoms. The first-order valence-corrected chi connectivity index (χ1v) is 10.3. The highest BCUT2D eigenvalue weighted by atomic mass is 16.2. The molecule has 29 heavy (non-hydrogen) atoms. The number of piperidine rings is 1. The summed E-state index contributed by atoms with van der Waals surface area (Å²) in [7, 11) is 0. The van der Waals surface area contributed by atoms with E-state index in [4.69, 9.17) is 0 Å². The van der Waals surface area contributed by atoms with Crippen LogP contribution in [0.2, 0.25) is 0 Å². The number of amides is 1. The van der Waals surface area contributed by atoms with E-state index in [2.05, 4.69) is 18.8 Å². The molecule has 3 heterocycles. The molecule has 3 aromatic rings. The Morgan fingerprint density at radius 2 is 1.79 bits per heavy atom. The number of carbonyl (C=O) groups is 1. The van der Waals surface area contributed by atoms with Crippen molar-refractivity contribution in [3.8, 4) is 0 Å². The number of benzene rings is 1. The van der Waals surface area contributed by atoms with Crippen molar-refractivity contribution in [3.63, 3.8) is 0 Å². The van der Waals surface area contributed by atoms with Gasteiger partial charge < -0.3 is 4.90 Å². The highest BCUT2D eigenvalue weighted by molar-refractivity contribution is 5.97. The second kappa shape index (κ2) is 7.82.